The van der Waals surface area contributed by atoms with Crippen molar-refractivity contribution < 1.29 is 4.79 Å². The molecule has 4 heteroatoms. The number of halogens is 1. The average molecular weight is 231 g/mol. The summed E-state index contributed by atoms with van der Waals surface area (Å²) in [4.78, 5) is 12.8. The Kier molecular flexibility index (Phi) is 2.92. The molecule has 1 rings (SSSR count). The first-order chi connectivity index (χ1) is 5.61. The fourth-order valence-corrected chi connectivity index (χ4v) is 1.20. The monoisotopic (exact) mass is 230 g/mol. The molecule has 1 aromatic rings. The van der Waals surface area contributed by atoms with E-state index in [9.17, 15) is 4.79 Å². The number of carbonyl (C=O) groups excluding carboxylic acids is 1. The van der Waals surface area contributed by atoms with Crippen LogP contribution >= 0.6 is 15.9 Å². The van der Waals surface area contributed by atoms with Crippen LogP contribution in [0.2, 0.25) is 0 Å². The van der Waals surface area contributed by atoms with Gasteiger partial charge in [0.2, 0.25) is 5.91 Å². The molecule has 1 amide bonds. The smallest absolute Gasteiger partial charge is 0.242 e. The van der Waals surface area contributed by atoms with E-state index >= 15 is 0 Å². The lowest BCUT2D eigenvalue weighted by Crippen LogP contribution is -2.25. The van der Waals surface area contributed by atoms with Crippen molar-refractivity contribution in [2.45, 2.75) is 6.54 Å². The summed E-state index contributed by atoms with van der Waals surface area (Å²) in [6, 6.07) is 3.80. The average Bonchev–Trinajstić information content (AvgIpc) is 2.36. The zero-order valence-electron chi connectivity index (χ0n) is 7.12. The minimum absolute atomic E-state index is 0.0897. The molecule has 1 heterocycles. The van der Waals surface area contributed by atoms with Crippen LogP contribution in [0.15, 0.2) is 22.9 Å². The largest absolute Gasteiger partial charge is 0.347 e. The van der Waals surface area contributed by atoms with E-state index < -0.39 is 0 Å². The number of hydrogen-bond acceptors (Lipinski definition) is 1. The molecule has 0 radical (unpaired) electrons. The van der Waals surface area contributed by atoms with Crippen molar-refractivity contribution in [1.82, 2.24) is 9.47 Å². The molecule has 0 saturated heterocycles. The van der Waals surface area contributed by atoms with Gasteiger partial charge in [-0.2, -0.15) is 0 Å². The van der Waals surface area contributed by atoms with E-state index in [-0.39, 0.29) is 5.91 Å². The molecule has 0 fully saturated rings. The zero-order chi connectivity index (χ0) is 9.14. The SMILES string of the molecule is CN(C)C(=O)Cn1cccc1Br. The number of nitrogens with zero attached hydrogens (tertiary/aromatic N) is 2. The molecule has 0 aliphatic heterocycles. The molecule has 0 N–H and O–H groups in total. The number of amides is 1. The van der Waals surface area contributed by atoms with Crippen LogP contribution in [0.4, 0.5) is 0 Å². The number of aromatic nitrogens is 1. The Morgan fingerprint density at radius 1 is 1.67 bits per heavy atom. The summed E-state index contributed by atoms with van der Waals surface area (Å²) in [5.41, 5.74) is 0. The van der Waals surface area contributed by atoms with Crippen molar-refractivity contribution in [2.24, 2.45) is 0 Å². The van der Waals surface area contributed by atoms with Crippen LogP contribution in [-0.4, -0.2) is 29.5 Å². The van der Waals surface area contributed by atoms with E-state index in [0.29, 0.717) is 6.54 Å². The highest BCUT2D eigenvalue weighted by atomic mass is 79.9. The van der Waals surface area contributed by atoms with Gasteiger partial charge in [0.15, 0.2) is 0 Å². The molecule has 66 valence electrons. The van der Waals surface area contributed by atoms with Gasteiger partial charge >= 0.3 is 0 Å². The van der Waals surface area contributed by atoms with Crippen LogP contribution in [0.25, 0.3) is 0 Å². The van der Waals surface area contributed by atoms with Gasteiger partial charge < -0.3 is 9.47 Å². The molecule has 12 heavy (non-hydrogen) atoms. The quantitative estimate of drug-likeness (QED) is 0.753. The van der Waals surface area contributed by atoms with Crippen LogP contribution in [0.1, 0.15) is 0 Å². The summed E-state index contributed by atoms with van der Waals surface area (Å²) in [6.07, 6.45) is 1.87. The lowest BCUT2D eigenvalue weighted by molar-refractivity contribution is -0.129. The fourth-order valence-electron chi connectivity index (χ4n) is 0.809. The summed E-state index contributed by atoms with van der Waals surface area (Å²) < 4.78 is 2.78. The molecule has 1 aromatic heterocycles. The maximum atomic E-state index is 11.2. The molecule has 0 unspecified atom stereocenters. The van der Waals surface area contributed by atoms with Crippen LogP contribution in [-0.2, 0) is 11.3 Å². The molecule has 0 aliphatic rings. The van der Waals surface area contributed by atoms with E-state index in [1.807, 2.05) is 22.9 Å². The molecule has 0 saturated carbocycles. The van der Waals surface area contributed by atoms with Gasteiger partial charge in [-0.25, -0.2) is 0 Å². The molecular formula is C8H11BrN2O. The first-order valence-corrected chi connectivity index (χ1v) is 4.41. The maximum Gasteiger partial charge on any atom is 0.242 e. The third kappa shape index (κ3) is 2.11. The Bertz CT molecular complexity index is 280. The van der Waals surface area contributed by atoms with Crippen LogP contribution in [0, 0.1) is 0 Å². The molecule has 0 bridgehead atoms. The van der Waals surface area contributed by atoms with Crippen molar-refractivity contribution >= 4 is 21.8 Å². The van der Waals surface area contributed by atoms with Crippen molar-refractivity contribution in [2.75, 3.05) is 14.1 Å². The summed E-state index contributed by atoms with van der Waals surface area (Å²) in [5.74, 6) is 0.0897. The lowest BCUT2D eigenvalue weighted by Gasteiger charge is -2.11. The van der Waals surface area contributed by atoms with E-state index in [1.165, 1.54) is 0 Å². The van der Waals surface area contributed by atoms with Crippen molar-refractivity contribution in [1.29, 1.82) is 0 Å². The molecule has 0 aliphatic carbocycles. The minimum atomic E-state index is 0.0897. The van der Waals surface area contributed by atoms with Gasteiger partial charge in [0.05, 0.1) is 4.60 Å². The van der Waals surface area contributed by atoms with Gasteiger partial charge in [0, 0.05) is 20.3 Å². The topological polar surface area (TPSA) is 25.2 Å². The second-order valence-corrected chi connectivity index (χ2v) is 3.56. The summed E-state index contributed by atoms with van der Waals surface area (Å²) in [7, 11) is 3.50. The van der Waals surface area contributed by atoms with Gasteiger partial charge in [0.1, 0.15) is 6.54 Å². The van der Waals surface area contributed by atoms with Gasteiger partial charge in [-0.1, -0.05) is 0 Å². The van der Waals surface area contributed by atoms with Crippen LogP contribution in [0.5, 0.6) is 0 Å². The minimum Gasteiger partial charge on any atom is -0.347 e. The van der Waals surface area contributed by atoms with Gasteiger partial charge in [-0.05, 0) is 28.1 Å². The van der Waals surface area contributed by atoms with Gasteiger partial charge in [-0.3, -0.25) is 4.79 Å². The molecule has 0 spiro atoms. The predicted molar refractivity (Wildman–Crippen MR) is 50.8 cm³/mol. The molecule has 0 aromatic carbocycles. The van der Waals surface area contributed by atoms with E-state index in [0.717, 1.165) is 4.60 Å². The molecule has 0 atom stereocenters. The van der Waals surface area contributed by atoms with Crippen molar-refractivity contribution in [3.8, 4) is 0 Å². The zero-order valence-corrected chi connectivity index (χ0v) is 8.71. The summed E-state index contributed by atoms with van der Waals surface area (Å²) >= 11 is 3.34. The van der Waals surface area contributed by atoms with Crippen molar-refractivity contribution in [3.63, 3.8) is 0 Å². The highest BCUT2D eigenvalue weighted by Crippen LogP contribution is 2.09. The first-order valence-electron chi connectivity index (χ1n) is 3.62. The Hall–Kier alpha value is -0.770. The Morgan fingerprint density at radius 3 is 2.75 bits per heavy atom. The fraction of sp³-hybridized carbons (Fsp3) is 0.375. The number of hydrogen-bond donors (Lipinski definition) is 0. The van der Waals surface area contributed by atoms with Crippen LogP contribution in [0.3, 0.4) is 0 Å². The Morgan fingerprint density at radius 2 is 2.33 bits per heavy atom. The second-order valence-electron chi connectivity index (χ2n) is 2.75. The molecule has 3 nitrogen and oxygen atoms in total. The Labute approximate surface area is 80.1 Å². The van der Waals surface area contributed by atoms with E-state index in [1.54, 1.807) is 19.0 Å². The van der Waals surface area contributed by atoms with Crippen molar-refractivity contribution in [3.05, 3.63) is 22.9 Å². The van der Waals surface area contributed by atoms with E-state index in [2.05, 4.69) is 15.9 Å². The first kappa shape index (κ1) is 9.32. The summed E-state index contributed by atoms with van der Waals surface area (Å²) in [6.45, 7) is 0.389. The third-order valence-electron chi connectivity index (χ3n) is 1.58. The predicted octanol–water partition coefficient (Wildman–Crippen LogP) is 1.34. The van der Waals surface area contributed by atoms with Gasteiger partial charge in [0.25, 0.3) is 0 Å². The number of likely N-dealkylation sites (N-methyl/N-ethyl adjacent to an activating group) is 1. The van der Waals surface area contributed by atoms with E-state index in [4.69, 9.17) is 0 Å². The highest BCUT2D eigenvalue weighted by molar-refractivity contribution is 9.10. The number of rotatable bonds is 2. The highest BCUT2D eigenvalue weighted by Gasteiger charge is 2.05. The number of carbonyl (C=O) groups is 1. The Balaban J connectivity index is 2.64. The lowest BCUT2D eigenvalue weighted by atomic mass is 10.5. The summed E-state index contributed by atoms with van der Waals surface area (Å²) in [5, 5.41) is 0. The maximum absolute atomic E-state index is 11.2. The molecular weight excluding hydrogens is 220 g/mol. The third-order valence-corrected chi connectivity index (χ3v) is 2.30. The normalized spacial score (nSPS) is 9.92. The second kappa shape index (κ2) is 3.76. The van der Waals surface area contributed by atoms with Gasteiger partial charge in [-0.15, -0.1) is 0 Å². The standard InChI is InChI=1S/C8H11BrN2O/c1-10(2)8(12)6-11-5-3-4-7(11)9/h3-5H,6H2,1-2H3. The van der Waals surface area contributed by atoms with Crippen LogP contribution < -0.4 is 0 Å².